The molecule has 2 aromatic heterocycles. The van der Waals surface area contributed by atoms with Crippen LogP contribution < -0.4 is 0 Å². The van der Waals surface area contributed by atoms with E-state index in [0.29, 0.717) is 11.0 Å². The molecule has 0 saturated carbocycles. The molecule has 0 saturated heterocycles. The molecule has 3 heterocycles. The van der Waals surface area contributed by atoms with E-state index >= 15 is 0 Å². The molecular weight excluding hydrogens is 766 g/mol. The Morgan fingerprint density at radius 1 is 0.826 bits per heavy atom. The molecule has 46 heavy (non-hydrogen) atoms. The summed E-state index contributed by atoms with van der Waals surface area (Å²) < 4.78 is 2.21. The Kier molecular flexibility index (Phi) is 6.94. The number of phenolic OH excluding ortho intramolecular Hbond substituents is 1. The van der Waals surface area contributed by atoms with Crippen molar-refractivity contribution < 1.29 is 26.2 Å². The van der Waals surface area contributed by atoms with E-state index in [9.17, 15) is 5.11 Å². The summed E-state index contributed by atoms with van der Waals surface area (Å²) in [6, 6.07) is 38.1. The van der Waals surface area contributed by atoms with Crippen LogP contribution in [0.25, 0.3) is 49.5 Å². The van der Waals surface area contributed by atoms with Crippen LogP contribution in [0.4, 0.5) is 0 Å². The summed E-state index contributed by atoms with van der Waals surface area (Å²) >= 11 is 1.90. The number of para-hydroxylation sites is 2. The third-order valence-corrected chi connectivity index (χ3v) is 10.9. The third kappa shape index (κ3) is 4.39. The van der Waals surface area contributed by atoms with Crippen LogP contribution in [0, 0.1) is 6.07 Å². The Balaban J connectivity index is 0.00000312. The molecular formula is C40H32N3OPtS-. The zero-order valence-electron chi connectivity index (χ0n) is 25.8. The maximum atomic E-state index is 11.8. The van der Waals surface area contributed by atoms with Crippen molar-refractivity contribution in [3.63, 3.8) is 0 Å². The second kappa shape index (κ2) is 10.8. The van der Waals surface area contributed by atoms with Crippen molar-refractivity contribution in [1.29, 1.82) is 0 Å². The standard InChI is InChI=1S/C40H32N3OS.Pt/c1-40(2,3)30-20-19-29-28-14-6-7-16-31(28)43-32-17-9-15-27(35(32)41-38(43)34(29)37(30)44)24-11-8-12-25(22-24)39-42-36-26-13-5-4-10-23(26)18-21-33(36)45-39;/h4-17,19-20,33,36,44H,18,21H2,1-3H3;/q-1;/t33-,36+;/m1./s1. The summed E-state index contributed by atoms with van der Waals surface area (Å²) in [6.45, 7) is 6.40. The molecule has 0 spiro atoms. The first kappa shape index (κ1) is 29.5. The van der Waals surface area contributed by atoms with Gasteiger partial charge in [-0.05, 0) is 46.9 Å². The number of hydrogen-bond acceptors (Lipinski definition) is 4. The summed E-state index contributed by atoms with van der Waals surface area (Å²) in [5, 5.41) is 16.2. The topological polar surface area (TPSA) is 49.9 Å². The van der Waals surface area contributed by atoms with Gasteiger partial charge in [-0.2, -0.15) is 0 Å². The van der Waals surface area contributed by atoms with Crippen molar-refractivity contribution >= 4 is 55.2 Å². The fourth-order valence-corrected chi connectivity index (χ4v) is 8.72. The first-order chi connectivity index (χ1) is 21.9. The van der Waals surface area contributed by atoms with Gasteiger partial charge >= 0.3 is 0 Å². The molecule has 9 rings (SSSR count). The molecule has 0 radical (unpaired) electrons. The van der Waals surface area contributed by atoms with Crippen LogP contribution in [-0.2, 0) is 32.9 Å². The Labute approximate surface area is 286 Å². The zero-order valence-corrected chi connectivity index (χ0v) is 28.9. The number of aliphatic imine (C=N–C) groups is 1. The minimum Gasteiger partial charge on any atom is -0.507 e. The zero-order chi connectivity index (χ0) is 30.4. The van der Waals surface area contributed by atoms with Crippen molar-refractivity contribution in [3.05, 3.63) is 125 Å². The number of phenols is 1. The summed E-state index contributed by atoms with van der Waals surface area (Å²) in [5.41, 5.74) is 10.3. The number of thioether (sulfide) groups is 1. The van der Waals surface area contributed by atoms with Crippen molar-refractivity contribution in [3.8, 4) is 16.9 Å². The van der Waals surface area contributed by atoms with E-state index in [1.807, 2.05) is 11.8 Å². The Hall–Kier alpha value is -3.92. The second-order valence-electron chi connectivity index (χ2n) is 13.3. The average Bonchev–Trinajstić information content (AvgIpc) is 3.67. The van der Waals surface area contributed by atoms with Crippen LogP contribution >= 0.6 is 11.8 Å². The number of benzene rings is 5. The molecule has 230 valence electrons. The maximum absolute atomic E-state index is 11.8. The molecule has 1 N–H and O–H groups in total. The second-order valence-corrected chi connectivity index (χ2v) is 14.6. The predicted molar refractivity (Wildman–Crippen MR) is 188 cm³/mol. The Morgan fingerprint density at radius 2 is 1.59 bits per heavy atom. The first-order valence-corrected chi connectivity index (χ1v) is 16.6. The van der Waals surface area contributed by atoms with Crippen molar-refractivity contribution in [2.24, 2.45) is 4.99 Å². The molecule has 2 aliphatic rings. The van der Waals surface area contributed by atoms with Gasteiger partial charge in [0.2, 0.25) is 0 Å². The van der Waals surface area contributed by atoms with Gasteiger partial charge in [-0.15, -0.1) is 41.6 Å². The van der Waals surface area contributed by atoms with Crippen molar-refractivity contribution in [1.82, 2.24) is 9.38 Å². The van der Waals surface area contributed by atoms with Gasteiger partial charge in [-0.25, -0.2) is 4.98 Å². The number of hydrogen-bond donors (Lipinski definition) is 1. The number of rotatable bonds is 2. The molecule has 0 amide bonds. The Morgan fingerprint density at radius 3 is 2.46 bits per heavy atom. The third-order valence-electron chi connectivity index (χ3n) is 9.59. The van der Waals surface area contributed by atoms with E-state index < -0.39 is 0 Å². The van der Waals surface area contributed by atoms with E-state index in [1.165, 1.54) is 11.1 Å². The molecule has 2 atom stereocenters. The van der Waals surface area contributed by atoms with Gasteiger partial charge < -0.3 is 10.1 Å². The fourth-order valence-electron chi connectivity index (χ4n) is 7.44. The molecule has 6 heteroatoms. The number of fused-ring (bicyclic) bond motifs is 11. The number of pyridine rings is 1. The quantitative estimate of drug-likeness (QED) is 0.140. The molecule has 0 fully saturated rings. The molecule has 0 bridgehead atoms. The summed E-state index contributed by atoms with van der Waals surface area (Å²) in [5.74, 6) is 0.306. The molecule has 7 aromatic rings. The van der Waals surface area contributed by atoms with Gasteiger partial charge in [-0.3, -0.25) is 4.40 Å². The van der Waals surface area contributed by atoms with Gasteiger partial charge in [0, 0.05) is 42.3 Å². The Bertz CT molecular complexity index is 2390. The summed E-state index contributed by atoms with van der Waals surface area (Å²) in [6.07, 6.45) is 2.26. The van der Waals surface area contributed by atoms with Gasteiger partial charge in [0.25, 0.3) is 0 Å². The smallest absolute Gasteiger partial charge is 0.149 e. The van der Waals surface area contributed by atoms with E-state index in [2.05, 4.69) is 128 Å². The number of imidazole rings is 1. The number of aromatic nitrogens is 2. The van der Waals surface area contributed by atoms with E-state index in [-0.39, 0.29) is 32.5 Å². The maximum Gasteiger partial charge on any atom is 0.149 e. The van der Waals surface area contributed by atoms with Crippen LogP contribution in [0.5, 0.6) is 5.75 Å². The summed E-state index contributed by atoms with van der Waals surface area (Å²) in [4.78, 5) is 10.6. The van der Waals surface area contributed by atoms with Gasteiger partial charge in [0.05, 0.1) is 28.0 Å². The first-order valence-electron chi connectivity index (χ1n) is 15.7. The van der Waals surface area contributed by atoms with Crippen LogP contribution in [0.3, 0.4) is 0 Å². The van der Waals surface area contributed by atoms with Crippen LogP contribution in [0.15, 0.2) is 102 Å². The number of nitrogens with zero attached hydrogens (tertiary/aromatic N) is 3. The average molecular weight is 798 g/mol. The van der Waals surface area contributed by atoms with Crippen LogP contribution in [0.1, 0.15) is 55.5 Å². The normalized spacial score (nSPS) is 17.7. The number of aryl methyl sites for hydroxylation is 1. The van der Waals surface area contributed by atoms with E-state index in [1.54, 1.807) is 0 Å². The van der Waals surface area contributed by atoms with Gasteiger partial charge in [0.15, 0.2) is 0 Å². The molecule has 4 nitrogen and oxygen atoms in total. The van der Waals surface area contributed by atoms with E-state index in [0.717, 1.165) is 78.5 Å². The number of aromatic hydroxyl groups is 1. The summed E-state index contributed by atoms with van der Waals surface area (Å²) in [7, 11) is 0. The minimum atomic E-state index is -0.214. The molecule has 1 aliphatic carbocycles. The van der Waals surface area contributed by atoms with Crippen molar-refractivity contribution in [2.75, 3.05) is 0 Å². The minimum absolute atomic E-state index is 0. The fraction of sp³-hybridized carbons (Fsp3) is 0.200. The SMILES string of the molecule is CC(C)(C)c1ccc2c3ccccc3n3c4cccc(-c5[c-]c(C6=N[C@H]7c8ccccc8CC[C@H]7S6)ccc5)c4nc3c2c1O.[Pt]. The molecule has 1 aliphatic heterocycles. The van der Waals surface area contributed by atoms with Crippen molar-refractivity contribution in [2.45, 2.75) is 50.3 Å². The van der Waals surface area contributed by atoms with Crippen LogP contribution in [0.2, 0.25) is 0 Å². The van der Waals surface area contributed by atoms with Gasteiger partial charge in [0.1, 0.15) is 11.4 Å². The van der Waals surface area contributed by atoms with Crippen LogP contribution in [-0.4, -0.2) is 24.8 Å². The largest absolute Gasteiger partial charge is 0.507 e. The van der Waals surface area contributed by atoms with E-state index in [4.69, 9.17) is 9.98 Å². The predicted octanol–water partition coefficient (Wildman–Crippen LogP) is 9.81. The monoisotopic (exact) mass is 797 g/mol. The molecule has 5 aromatic carbocycles. The van der Waals surface area contributed by atoms with Gasteiger partial charge in [-0.1, -0.05) is 98.6 Å². The molecule has 0 unspecified atom stereocenters.